The molecule has 0 radical (unpaired) electrons. The third-order valence-electron chi connectivity index (χ3n) is 3.98. The van der Waals surface area contributed by atoms with Crippen LogP contribution in [0.5, 0.6) is 5.88 Å². The molecule has 0 unspecified atom stereocenters. The highest BCUT2D eigenvalue weighted by Gasteiger charge is 2.17. The fourth-order valence-electron chi connectivity index (χ4n) is 2.51. The molecule has 0 spiro atoms. The van der Waals surface area contributed by atoms with Crippen LogP contribution < -0.4 is 0 Å². The first-order chi connectivity index (χ1) is 12.0. The van der Waals surface area contributed by atoms with Gasteiger partial charge in [0.15, 0.2) is 5.69 Å². The van der Waals surface area contributed by atoms with Gasteiger partial charge in [0.25, 0.3) is 5.91 Å². The Morgan fingerprint density at radius 1 is 1.16 bits per heavy atom. The van der Waals surface area contributed by atoms with Crippen molar-refractivity contribution >= 4 is 34.3 Å². The number of hydrogen-bond donors (Lipinski definition) is 1. The number of benzene rings is 2. The van der Waals surface area contributed by atoms with Crippen molar-refractivity contribution in [1.82, 2.24) is 4.57 Å². The summed E-state index contributed by atoms with van der Waals surface area (Å²) in [6.45, 7) is 3.82. The van der Waals surface area contributed by atoms with Crippen LogP contribution in [-0.4, -0.2) is 20.8 Å². The molecule has 0 aliphatic heterocycles. The van der Waals surface area contributed by atoms with Crippen LogP contribution in [0.15, 0.2) is 63.7 Å². The van der Waals surface area contributed by atoms with Crippen LogP contribution >= 0.6 is 11.8 Å². The number of hydrogen-bond acceptors (Lipinski definition) is 4. The molecule has 0 aliphatic carbocycles. The van der Waals surface area contributed by atoms with E-state index in [9.17, 15) is 9.90 Å². The Hall–Kier alpha value is -2.60. The quantitative estimate of drug-likeness (QED) is 0.531. The van der Waals surface area contributed by atoms with E-state index in [0.29, 0.717) is 5.69 Å². The van der Waals surface area contributed by atoms with Crippen molar-refractivity contribution < 1.29 is 9.90 Å². The van der Waals surface area contributed by atoms with Gasteiger partial charge < -0.3 is 9.67 Å². The zero-order valence-corrected chi connectivity index (χ0v) is 15.1. The smallest absolute Gasteiger partial charge is 0.277 e. The fraction of sp³-hybridized carbons (Fsp3) is 0.211. The number of rotatable bonds is 4. The standard InChI is InChI=1S/C19H19N3O2S/c1-12-8-10-14(11-9-12)25-13(2)18(23)21-20-17-15-6-4-5-7-16(15)22(3)19(17)24/h4-11,13,24H,1-3H3/t13-/m0/s1. The molecule has 5 nitrogen and oxygen atoms in total. The summed E-state index contributed by atoms with van der Waals surface area (Å²) in [6.07, 6.45) is 0. The first-order valence-corrected chi connectivity index (χ1v) is 8.80. The number of aromatic hydroxyl groups is 1. The lowest BCUT2D eigenvalue weighted by molar-refractivity contribution is -0.117. The number of carbonyl (C=O) groups excluding carboxylic acids is 1. The van der Waals surface area contributed by atoms with E-state index in [4.69, 9.17) is 0 Å². The first kappa shape index (κ1) is 17.2. The predicted molar refractivity (Wildman–Crippen MR) is 101 cm³/mol. The maximum absolute atomic E-state index is 12.3. The third kappa shape index (κ3) is 3.58. The molecule has 3 rings (SSSR count). The van der Waals surface area contributed by atoms with Gasteiger partial charge >= 0.3 is 0 Å². The number of nitrogens with zero attached hydrogens (tertiary/aromatic N) is 3. The maximum Gasteiger partial charge on any atom is 0.277 e. The van der Waals surface area contributed by atoms with E-state index >= 15 is 0 Å². The predicted octanol–water partition coefficient (Wildman–Crippen LogP) is 4.98. The summed E-state index contributed by atoms with van der Waals surface area (Å²) in [6, 6.07) is 15.5. The van der Waals surface area contributed by atoms with Crippen LogP contribution in [0.3, 0.4) is 0 Å². The third-order valence-corrected chi connectivity index (χ3v) is 5.08. The summed E-state index contributed by atoms with van der Waals surface area (Å²) >= 11 is 1.44. The Bertz CT molecular complexity index is 945. The number of azo groups is 1. The Labute approximate surface area is 150 Å². The van der Waals surface area contributed by atoms with E-state index in [-0.39, 0.29) is 17.0 Å². The molecule has 0 aliphatic rings. The van der Waals surface area contributed by atoms with Crippen LogP contribution in [0, 0.1) is 6.92 Å². The number of amides is 1. The molecule has 1 heterocycles. The summed E-state index contributed by atoms with van der Waals surface area (Å²) < 4.78 is 1.62. The van der Waals surface area contributed by atoms with Crippen LogP contribution in [0.2, 0.25) is 0 Å². The van der Waals surface area contributed by atoms with Gasteiger partial charge in [-0.2, -0.15) is 0 Å². The number of thioether (sulfide) groups is 1. The highest BCUT2D eigenvalue weighted by atomic mass is 32.2. The Morgan fingerprint density at radius 3 is 2.56 bits per heavy atom. The zero-order valence-electron chi connectivity index (χ0n) is 14.3. The molecule has 2 aromatic carbocycles. The summed E-state index contributed by atoms with van der Waals surface area (Å²) in [4.78, 5) is 13.3. The van der Waals surface area contributed by atoms with Crippen LogP contribution in [0.1, 0.15) is 12.5 Å². The van der Waals surface area contributed by atoms with Crippen molar-refractivity contribution in [2.24, 2.45) is 17.3 Å². The van der Waals surface area contributed by atoms with E-state index in [0.717, 1.165) is 15.8 Å². The highest BCUT2D eigenvalue weighted by Crippen LogP contribution is 2.38. The van der Waals surface area contributed by atoms with E-state index in [1.165, 1.54) is 17.3 Å². The van der Waals surface area contributed by atoms with Crippen LogP contribution in [0.4, 0.5) is 5.69 Å². The second-order valence-corrected chi connectivity index (χ2v) is 7.27. The van der Waals surface area contributed by atoms with Gasteiger partial charge in [-0.3, -0.25) is 4.79 Å². The first-order valence-electron chi connectivity index (χ1n) is 7.92. The molecule has 1 amide bonds. The van der Waals surface area contributed by atoms with Crippen molar-refractivity contribution in [2.45, 2.75) is 24.0 Å². The number of aryl methyl sites for hydroxylation is 2. The highest BCUT2D eigenvalue weighted by molar-refractivity contribution is 8.00. The normalized spacial score (nSPS) is 12.8. The van der Waals surface area contributed by atoms with Crippen molar-refractivity contribution in [1.29, 1.82) is 0 Å². The van der Waals surface area contributed by atoms with Crippen LogP contribution in [-0.2, 0) is 11.8 Å². The molecule has 0 fully saturated rings. The van der Waals surface area contributed by atoms with Gasteiger partial charge in [-0.1, -0.05) is 35.9 Å². The Kier molecular flexibility index (Phi) is 4.90. The molecule has 1 N–H and O–H groups in total. The number of aromatic nitrogens is 1. The lowest BCUT2D eigenvalue weighted by atomic mass is 10.2. The molecule has 1 aromatic heterocycles. The van der Waals surface area contributed by atoms with E-state index in [2.05, 4.69) is 10.2 Å². The topological polar surface area (TPSA) is 66.9 Å². The summed E-state index contributed by atoms with van der Waals surface area (Å²) in [5.74, 6) is -0.338. The molecule has 0 saturated heterocycles. The minimum atomic E-state index is -0.358. The molecule has 3 aromatic rings. The second kappa shape index (κ2) is 7.11. The van der Waals surface area contributed by atoms with Crippen molar-refractivity contribution in [3.63, 3.8) is 0 Å². The minimum Gasteiger partial charge on any atom is -0.493 e. The van der Waals surface area contributed by atoms with Crippen molar-refractivity contribution in [3.8, 4) is 5.88 Å². The zero-order chi connectivity index (χ0) is 18.0. The van der Waals surface area contributed by atoms with E-state index in [1.807, 2.05) is 55.5 Å². The molecule has 0 saturated carbocycles. The molecular weight excluding hydrogens is 334 g/mol. The SMILES string of the molecule is Cc1ccc(S[C@@H](C)C(=O)N=Nc2c(O)n(C)c3ccccc23)cc1. The van der Waals surface area contributed by atoms with Crippen LogP contribution in [0.25, 0.3) is 10.9 Å². The molecule has 0 bridgehead atoms. The lowest BCUT2D eigenvalue weighted by Gasteiger charge is -2.06. The molecule has 1 atom stereocenters. The van der Waals surface area contributed by atoms with Gasteiger partial charge in [0, 0.05) is 17.3 Å². The monoisotopic (exact) mass is 353 g/mol. The van der Waals surface area contributed by atoms with Crippen molar-refractivity contribution in [3.05, 3.63) is 54.1 Å². The molecule has 6 heteroatoms. The van der Waals surface area contributed by atoms with Gasteiger partial charge in [0.1, 0.15) is 0 Å². The summed E-state index contributed by atoms with van der Waals surface area (Å²) in [5, 5.41) is 18.5. The van der Waals surface area contributed by atoms with Gasteiger partial charge in [0.2, 0.25) is 5.88 Å². The maximum atomic E-state index is 12.3. The largest absolute Gasteiger partial charge is 0.493 e. The Morgan fingerprint density at radius 2 is 1.84 bits per heavy atom. The molecule has 128 valence electrons. The average molecular weight is 353 g/mol. The lowest BCUT2D eigenvalue weighted by Crippen LogP contribution is -2.09. The summed E-state index contributed by atoms with van der Waals surface area (Å²) in [5.41, 5.74) is 2.33. The summed E-state index contributed by atoms with van der Waals surface area (Å²) in [7, 11) is 1.74. The van der Waals surface area contributed by atoms with Gasteiger partial charge in [0.05, 0.1) is 10.8 Å². The number of fused-ring (bicyclic) bond motifs is 1. The van der Waals surface area contributed by atoms with Gasteiger partial charge in [-0.05, 0) is 32.0 Å². The number of para-hydroxylation sites is 1. The molecule has 25 heavy (non-hydrogen) atoms. The van der Waals surface area contributed by atoms with E-state index in [1.54, 1.807) is 18.5 Å². The Balaban J connectivity index is 1.78. The minimum absolute atomic E-state index is 0.00316. The second-order valence-electron chi connectivity index (χ2n) is 5.86. The van der Waals surface area contributed by atoms with Gasteiger partial charge in [-0.25, -0.2) is 0 Å². The average Bonchev–Trinajstić information content (AvgIpc) is 2.86. The van der Waals surface area contributed by atoms with Gasteiger partial charge in [-0.15, -0.1) is 22.0 Å². The fourth-order valence-corrected chi connectivity index (χ4v) is 3.36. The van der Waals surface area contributed by atoms with E-state index < -0.39 is 0 Å². The van der Waals surface area contributed by atoms with Crippen molar-refractivity contribution in [2.75, 3.05) is 0 Å². The number of carbonyl (C=O) groups is 1. The molecular formula is C19H19N3O2S.